The summed E-state index contributed by atoms with van der Waals surface area (Å²) in [6, 6.07) is 21.2. The van der Waals surface area contributed by atoms with Crippen molar-refractivity contribution in [1.82, 2.24) is 10.2 Å². The van der Waals surface area contributed by atoms with Crippen molar-refractivity contribution >= 4 is 11.9 Å². The van der Waals surface area contributed by atoms with E-state index in [1.165, 1.54) is 11.1 Å². The predicted molar refractivity (Wildman–Crippen MR) is 123 cm³/mol. The molecular weight excluding hydrogens is 390 g/mol. The number of ether oxygens (including phenoxy) is 1. The molecule has 6 heteroatoms. The number of rotatable bonds is 12. The van der Waals surface area contributed by atoms with Crippen molar-refractivity contribution in [2.75, 3.05) is 33.4 Å². The zero-order valence-corrected chi connectivity index (χ0v) is 18.8. The van der Waals surface area contributed by atoms with E-state index in [9.17, 15) is 9.59 Å². The Morgan fingerprint density at radius 3 is 2.10 bits per heavy atom. The topological polar surface area (TPSA) is 84.7 Å². The lowest BCUT2D eigenvalue weighted by Crippen LogP contribution is -2.42. The smallest absolute Gasteiger partial charge is 0.326 e. The number of nitrogens with two attached hydrogens (primary N) is 1. The Hall–Kier alpha value is -2.70. The predicted octanol–water partition coefficient (Wildman–Crippen LogP) is 2.92. The summed E-state index contributed by atoms with van der Waals surface area (Å²) < 4.78 is 5.33. The number of nitrogens with one attached hydrogen (secondary N) is 1. The molecule has 1 amide bonds. The lowest BCUT2D eigenvalue weighted by atomic mass is 9.65. The van der Waals surface area contributed by atoms with Crippen molar-refractivity contribution in [3.05, 3.63) is 71.8 Å². The van der Waals surface area contributed by atoms with Gasteiger partial charge in [-0.1, -0.05) is 80.9 Å². The van der Waals surface area contributed by atoms with Gasteiger partial charge in [0.15, 0.2) is 0 Å². The standard InChI is InChI=1S/C25H35N3O3/c1-4-11-22(18-28(3)19-31-24(30)17-27-23(29)16-26)25(2,20-12-7-5-8-13-20)21-14-9-6-10-15-21/h5-10,12-15,22H,4,11,16-19,26H2,1-3H3,(H,27,29). The molecule has 0 saturated heterocycles. The van der Waals surface area contributed by atoms with Gasteiger partial charge in [0.25, 0.3) is 0 Å². The van der Waals surface area contributed by atoms with Gasteiger partial charge in [-0.25, -0.2) is 0 Å². The molecule has 0 fully saturated rings. The number of hydrogen-bond donors (Lipinski definition) is 2. The van der Waals surface area contributed by atoms with Gasteiger partial charge in [0.1, 0.15) is 13.3 Å². The molecular formula is C25H35N3O3. The third kappa shape index (κ3) is 6.91. The summed E-state index contributed by atoms with van der Waals surface area (Å²) in [6.45, 7) is 5.11. The molecule has 1 atom stereocenters. The zero-order chi connectivity index (χ0) is 22.7. The summed E-state index contributed by atoms with van der Waals surface area (Å²) in [4.78, 5) is 25.1. The molecule has 2 rings (SSSR count). The van der Waals surface area contributed by atoms with E-state index in [-0.39, 0.29) is 31.1 Å². The van der Waals surface area contributed by atoms with E-state index in [0.29, 0.717) is 5.92 Å². The van der Waals surface area contributed by atoms with Gasteiger partial charge in [-0.15, -0.1) is 0 Å². The molecule has 0 saturated carbocycles. The Bertz CT molecular complexity index is 772. The van der Waals surface area contributed by atoms with Crippen LogP contribution in [0.5, 0.6) is 0 Å². The van der Waals surface area contributed by atoms with Crippen LogP contribution in [0.4, 0.5) is 0 Å². The highest BCUT2D eigenvalue weighted by Gasteiger charge is 2.37. The van der Waals surface area contributed by atoms with Crippen molar-refractivity contribution < 1.29 is 14.3 Å². The van der Waals surface area contributed by atoms with Crippen LogP contribution in [0.15, 0.2) is 60.7 Å². The maximum Gasteiger partial charge on any atom is 0.326 e. The number of benzene rings is 2. The first-order valence-corrected chi connectivity index (χ1v) is 10.8. The number of carbonyl (C=O) groups is 2. The maximum atomic E-state index is 11.9. The molecule has 2 aromatic carbocycles. The van der Waals surface area contributed by atoms with Crippen molar-refractivity contribution in [2.24, 2.45) is 11.7 Å². The highest BCUT2D eigenvalue weighted by Crippen LogP contribution is 2.41. The average molecular weight is 426 g/mol. The van der Waals surface area contributed by atoms with Crippen LogP contribution in [-0.4, -0.2) is 50.2 Å². The van der Waals surface area contributed by atoms with Gasteiger partial charge in [0.2, 0.25) is 5.91 Å². The van der Waals surface area contributed by atoms with Crippen LogP contribution in [-0.2, 0) is 19.7 Å². The minimum Gasteiger partial charge on any atom is -0.448 e. The summed E-state index contributed by atoms with van der Waals surface area (Å²) in [7, 11) is 1.95. The number of nitrogens with zero attached hydrogens (tertiary/aromatic N) is 1. The summed E-state index contributed by atoms with van der Waals surface area (Å²) in [5.74, 6) is -0.549. The molecule has 0 aliphatic heterocycles. The van der Waals surface area contributed by atoms with E-state index >= 15 is 0 Å². The number of carbonyl (C=O) groups excluding carboxylic acids is 2. The Balaban J connectivity index is 2.15. The van der Waals surface area contributed by atoms with Crippen molar-refractivity contribution in [3.63, 3.8) is 0 Å². The van der Waals surface area contributed by atoms with Crippen molar-refractivity contribution in [3.8, 4) is 0 Å². The fourth-order valence-corrected chi connectivity index (χ4v) is 4.02. The molecule has 2 aromatic rings. The quantitative estimate of drug-likeness (QED) is 0.403. The lowest BCUT2D eigenvalue weighted by Gasteiger charge is -2.41. The van der Waals surface area contributed by atoms with Crippen LogP contribution in [0.1, 0.15) is 37.8 Å². The highest BCUT2D eigenvalue weighted by molar-refractivity contribution is 5.82. The van der Waals surface area contributed by atoms with Gasteiger partial charge in [0, 0.05) is 12.0 Å². The van der Waals surface area contributed by atoms with Crippen LogP contribution in [0, 0.1) is 5.92 Å². The monoisotopic (exact) mass is 425 g/mol. The second-order valence-corrected chi connectivity index (χ2v) is 8.08. The normalized spacial score (nSPS) is 12.4. The van der Waals surface area contributed by atoms with E-state index in [2.05, 4.69) is 67.7 Å². The minimum atomic E-state index is -0.477. The Morgan fingerprint density at radius 1 is 1.06 bits per heavy atom. The molecule has 0 heterocycles. The third-order valence-corrected chi connectivity index (χ3v) is 5.79. The Kier molecular flexibility index (Phi) is 9.69. The molecule has 6 nitrogen and oxygen atoms in total. The fraction of sp³-hybridized carbons (Fsp3) is 0.440. The van der Waals surface area contributed by atoms with Crippen LogP contribution in [0.3, 0.4) is 0 Å². The second kappa shape index (κ2) is 12.2. The molecule has 0 spiro atoms. The van der Waals surface area contributed by atoms with Crippen molar-refractivity contribution in [1.29, 1.82) is 0 Å². The van der Waals surface area contributed by atoms with Crippen LogP contribution in [0.25, 0.3) is 0 Å². The first-order chi connectivity index (χ1) is 14.9. The third-order valence-electron chi connectivity index (χ3n) is 5.79. The number of amides is 1. The summed E-state index contributed by atoms with van der Waals surface area (Å²) in [6.07, 6.45) is 2.09. The van der Waals surface area contributed by atoms with Crippen LogP contribution < -0.4 is 11.1 Å². The summed E-state index contributed by atoms with van der Waals surface area (Å²) >= 11 is 0. The average Bonchev–Trinajstić information content (AvgIpc) is 2.81. The lowest BCUT2D eigenvalue weighted by molar-refractivity contribution is -0.148. The van der Waals surface area contributed by atoms with Gasteiger partial charge >= 0.3 is 5.97 Å². The molecule has 0 aliphatic carbocycles. The van der Waals surface area contributed by atoms with E-state index in [0.717, 1.165) is 19.4 Å². The molecule has 1 unspecified atom stereocenters. The molecule has 0 bridgehead atoms. The van der Waals surface area contributed by atoms with Crippen molar-refractivity contribution in [2.45, 2.75) is 32.1 Å². The molecule has 168 valence electrons. The second-order valence-electron chi connectivity index (χ2n) is 8.08. The number of esters is 1. The maximum absolute atomic E-state index is 11.9. The van der Waals surface area contributed by atoms with E-state index < -0.39 is 5.97 Å². The molecule has 0 aliphatic rings. The fourth-order valence-electron chi connectivity index (χ4n) is 4.02. The first-order valence-electron chi connectivity index (χ1n) is 10.8. The zero-order valence-electron chi connectivity index (χ0n) is 18.8. The van der Waals surface area contributed by atoms with E-state index in [1.54, 1.807) is 0 Å². The van der Waals surface area contributed by atoms with E-state index in [4.69, 9.17) is 10.5 Å². The van der Waals surface area contributed by atoms with Gasteiger partial charge in [-0.05, 0) is 30.5 Å². The van der Waals surface area contributed by atoms with Crippen LogP contribution in [0.2, 0.25) is 0 Å². The molecule has 3 N–H and O–H groups in total. The molecule has 31 heavy (non-hydrogen) atoms. The van der Waals surface area contributed by atoms with Crippen LogP contribution >= 0.6 is 0 Å². The SMILES string of the molecule is CCCC(CN(C)COC(=O)CNC(=O)CN)C(C)(c1ccccc1)c1ccccc1. The van der Waals surface area contributed by atoms with Gasteiger partial charge in [-0.3, -0.25) is 14.5 Å². The molecule has 0 aromatic heterocycles. The van der Waals surface area contributed by atoms with Gasteiger partial charge in [-0.2, -0.15) is 0 Å². The summed E-state index contributed by atoms with van der Waals surface area (Å²) in [5, 5.41) is 2.43. The number of hydrogen-bond acceptors (Lipinski definition) is 5. The highest BCUT2D eigenvalue weighted by atomic mass is 16.5. The molecule has 0 radical (unpaired) electrons. The summed E-state index contributed by atoms with van der Waals surface area (Å²) in [5.41, 5.74) is 7.58. The van der Waals surface area contributed by atoms with Gasteiger partial charge in [0.05, 0.1) is 6.54 Å². The Morgan fingerprint density at radius 2 is 1.61 bits per heavy atom. The van der Waals surface area contributed by atoms with Gasteiger partial charge < -0.3 is 15.8 Å². The first kappa shape index (κ1) is 24.6. The minimum absolute atomic E-state index is 0.149. The largest absolute Gasteiger partial charge is 0.448 e. The Labute approximate surface area is 185 Å². The van der Waals surface area contributed by atoms with E-state index in [1.807, 2.05) is 24.1 Å².